The van der Waals surface area contributed by atoms with E-state index in [1.165, 1.54) is 0 Å². The predicted molar refractivity (Wildman–Crippen MR) is 102 cm³/mol. The third-order valence-corrected chi connectivity index (χ3v) is 4.38. The maximum absolute atomic E-state index is 12.9. The largest absolute Gasteiger partial charge is 0.336 e. The number of halogens is 2. The van der Waals surface area contributed by atoms with Crippen LogP contribution in [-0.4, -0.2) is 23.5 Å². The van der Waals surface area contributed by atoms with Crippen LogP contribution in [-0.2, 0) is 21.0 Å². The van der Waals surface area contributed by atoms with E-state index >= 15 is 0 Å². The average molecular weight is 391 g/mol. The third kappa shape index (κ3) is 3.89. The second-order valence-electron chi connectivity index (χ2n) is 5.88. The van der Waals surface area contributed by atoms with E-state index in [0.717, 1.165) is 16.8 Å². The lowest BCUT2D eigenvalue weighted by Crippen LogP contribution is -2.29. The SMILES string of the molecule is Cc1ccc2c(c1)C(=NOC(=O)CCCl)C(=O)N2Cc1ccc(Cl)cc1. The topological polar surface area (TPSA) is 59.0 Å². The smallest absolute Gasteiger partial charge is 0.317 e. The first-order chi connectivity index (χ1) is 12.5. The minimum absolute atomic E-state index is 0.0295. The number of aryl methyl sites for hydroxylation is 1. The third-order valence-electron chi connectivity index (χ3n) is 3.94. The van der Waals surface area contributed by atoms with Crippen molar-refractivity contribution in [1.82, 2.24) is 0 Å². The summed E-state index contributed by atoms with van der Waals surface area (Å²) in [4.78, 5) is 30.9. The van der Waals surface area contributed by atoms with Crippen LogP contribution in [0, 0.1) is 6.92 Å². The summed E-state index contributed by atoms with van der Waals surface area (Å²) < 4.78 is 0. The van der Waals surface area contributed by atoms with E-state index < -0.39 is 5.97 Å². The highest BCUT2D eigenvalue weighted by molar-refractivity contribution is 6.54. The van der Waals surface area contributed by atoms with Crippen LogP contribution >= 0.6 is 23.2 Å². The minimum Gasteiger partial charge on any atom is -0.317 e. The number of oxime groups is 1. The summed E-state index contributed by atoms with van der Waals surface area (Å²) in [5.74, 6) is -0.763. The Labute approximate surface area is 161 Å². The average Bonchev–Trinajstić information content (AvgIpc) is 2.86. The van der Waals surface area contributed by atoms with Crippen molar-refractivity contribution in [2.75, 3.05) is 10.8 Å². The number of hydrogen-bond acceptors (Lipinski definition) is 4. The van der Waals surface area contributed by atoms with Crippen molar-refractivity contribution < 1.29 is 14.4 Å². The molecule has 26 heavy (non-hydrogen) atoms. The van der Waals surface area contributed by atoms with Gasteiger partial charge in [-0.1, -0.05) is 40.5 Å². The molecule has 1 amide bonds. The first kappa shape index (κ1) is 18.4. The molecule has 0 saturated heterocycles. The molecule has 0 fully saturated rings. The van der Waals surface area contributed by atoms with Crippen molar-refractivity contribution in [3.63, 3.8) is 0 Å². The van der Waals surface area contributed by atoms with E-state index in [9.17, 15) is 9.59 Å². The van der Waals surface area contributed by atoms with Gasteiger partial charge in [-0.15, -0.1) is 11.6 Å². The Hall–Kier alpha value is -2.37. The zero-order chi connectivity index (χ0) is 18.7. The van der Waals surface area contributed by atoms with Crippen molar-refractivity contribution in [3.8, 4) is 0 Å². The summed E-state index contributed by atoms with van der Waals surface area (Å²) in [6.07, 6.45) is 0.0295. The molecule has 0 radical (unpaired) electrons. The molecule has 0 aliphatic carbocycles. The van der Waals surface area contributed by atoms with Gasteiger partial charge in [0.05, 0.1) is 18.7 Å². The van der Waals surface area contributed by atoms with E-state index in [2.05, 4.69) is 5.16 Å². The van der Waals surface area contributed by atoms with Gasteiger partial charge in [-0.05, 0) is 36.8 Å². The van der Waals surface area contributed by atoms with Crippen LogP contribution in [0.2, 0.25) is 5.02 Å². The molecule has 0 bridgehead atoms. The monoisotopic (exact) mass is 390 g/mol. The van der Waals surface area contributed by atoms with Crippen molar-refractivity contribution in [2.24, 2.45) is 5.16 Å². The highest BCUT2D eigenvalue weighted by Gasteiger charge is 2.35. The first-order valence-corrected chi connectivity index (χ1v) is 8.92. The van der Waals surface area contributed by atoms with Gasteiger partial charge in [0.2, 0.25) is 0 Å². The number of amides is 1. The number of fused-ring (bicyclic) bond motifs is 1. The minimum atomic E-state index is -0.578. The van der Waals surface area contributed by atoms with Gasteiger partial charge in [0, 0.05) is 16.5 Å². The van der Waals surface area contributed by atoms with Crippen LogP contribution < -0.4 is 4.90 Å². The zero-order valence-corrected chi connectivity index (χ0v) is 15.5. The van der Waals surface area contributed by atoms with Crippen molar-refractivity contribution >= 4 is 46.5 Å². The molecule has 0 spiro atoms. The molecule has 0 atom stereocenters. The fourth-order valence-electron chi connectivity index (χ4n) is 2.66. The molecule has 134 valence electrons. The number of nitrogens with zero attached hydrogens (tertiary/aromatic N) is 2. The Kier molecular flexibility index (Phi) is 5.59. The Bertz CT molecular complexity index is 879. The lowest BCUT2D eigenvalue weighted by molar-refractivity contribution is -0.143. The number of hydrogen-bond donors (Lipinski definition) is 0. The summed E-state index contributed by atoms with van der Waals surface area (Å²) in [6.45, 7) is 2.28. The van der Waals surface area contributed by atoms with Gasteiger partial charge in [0.25, 0.3) is 5.91 Å². The van der Waals surface area contributed by atoms with Crippen LogP contribution in [0.15, 0.2) is 47.6 Å². The number of anilines is 1. The Balaban J connectivity index is 1.92. The predicted octanol–water partition coefficient (Wildman–Crippen LogP) is 4.07. The molecule has 0 N–H and O–H groups in total. The first-order valence-electron chi connectivity index (χ1n) is 8.00. The van der Waals surface area contributed by atoms with Crippen LogP contribution in [0.4, 0.5) is 5.69 Å². The Morgan fingerprint density at radius 3 is 2.62 bits per heavy atom. The fraction of sp³-hybridized carbons (Fsp3) is 0.211. The van der Waals surface area contributed by atoms with Gasteiger partial charge in [-0.25, -0.2) is 4.79 Å². The van der Waals surface area contributed by atoms with Gasteiger partial charge in [-0.3, -0.25) is 4.79 Å². The second kappa shape index (κ2) is 7.89. The maximum atomic E-state index is 12.9. The van der Waals surface area contributed by atoms with E-state index in [0.29, 0.717) is 17.1 Å². The molecule has 0 saturated carbocycles. The van der Waals surface area contributed by atoms with E-state index in [1.54, 1.807) is 17.0 Å². The number of benzene rings is 2. The van der Waals surface area contributed by atoms with Crippen molar-refractivity contribution in [2.45, 2.75) is 19.9 Å². The number of alkyl halides is 1. The Morgan fingerprint density at radius 1 is 1.19 bits per heavy atom. The highest BCUT2D eigenvalue weighted by Crippen LogP contribution is 2.32. The molecule has 1 heterocycles. The number of rotatable bonds is 5. The molecule has 1 aliphatic rings. The van der Waals surface area contributed by atoms with E-state index in [1.807, 2.05) is 37.3 Å². The molecular formula is C19H16Cl2N2O3. The lowest BCUT2D eigenvalue weighted by Gasteiger charge is -2.17. The standard InChI is InChI=1S/C19H16Cl2N2O3/c1-12-2-7-16-15(10-12)18(22-26-17(24)8-9-20)19(25)23(16)11-13-3-5-14(21)6-4-13/h2-7,10H,8-9,11H2,1H3. The maximum Gasteiger partial charge on any atom is 0.336 e. The quantitative estimate of drug-likeness (QED) is 0.439. The summed E-state index contributed by atoms with van der Waals surface area (Å²) in [6, 6.07) is 12.9. The van der Waals surface area contributed by atoms with E-state index in [-0.39, 0.29) is 23.9 Å². The van der Waals surface area contributed by atoms with Crippen LogP contribution in [0.5, 0.6) is 0 Å². The van der Waals surface area contributed by atoms with Crippen LogP contribution in [0.25, 0.3) is 0 Å². The van der Waals surface area contributed by atoms with Crippen LogP contribution in [0.3, 0.4) is 0 Å². The fourth-order valence-corrected chi connectivity index (χ4v) is 2.94. The molecular weight excluding hydrogens is 375 g/mol. The van der Waals surface area contributed by atoms with Gasteiger partial charge < -0.3 is 9.74 Å². The molecule has 3 rings (SSSR count). The van der Waals surface area contributed by atoms with Crippen LogP contribution in [0.1, 0.15) is 23.1 Å². The van der Waals surface area contributed by atoms with Crippen molar-refractivity contribution in [3.05, 3.63) is 64.2 Å². The summed E-state index contributed by atoms with van der Waals surface area (Å²) in [5, 5.41) is 4.44. The second-order valence-corrected chi connectivity index (χ2v) is 6.69. The molecule has 2 aromatic rings. The molecule has 2 aromatic carbocycles. The van der Waals surface area contributed by atoms with Gasteiger partial charge >= 0.3 is 5.97 Å². The van der Waals surface area contributed by atoms with Gasteiger partial charge in [0.15, 0.2) is 5.71 Å². The molecule has 0 aromatic heterocycles. The lowest BCUT2D eigenvalue weighted by atomic mass is 10.1. The van der Waals surface area contributed by atoms with Gasteiger partial charge in [0.1, 0.15) is 0 Å². The number of carbonyl (C=O) groups is 2. The molecule has 0 unspecified atom stereocenters. The zero-order valence-electron chi connectivity index (χ0n) is 14.0. The van der Waals surface area contributed by atoms with Gasteiger partial charge in [-0.2, -0.15) is 0 Å². The normalized spacial score (nSPS) is 14.7. The summed E-state index contributed by atoms with van der Waals surface area (Å²) in [7, 11) is 0. The summed E-state index contributed by atoms with van der Waals surface area (Å²) >= 11 is 11.4. The molecule has 7 heteroatoms. The number of carbonyl (C=O) groups excluding carboxylic acids is 2. The molecule has 1 aliphatic heterocycles. The summed E-state index contributed by atoms with van der Waals surface area (Å²) in [5.41, 5.74) is 3.38. The highest BCUT2D eigenvalue weighted by atomic mass is 35.5. The Morgan fingerprint density at radius 2 is 1.92 bits per heavy atom. The molecule has 5 nitrogen and oxygen atoms in total. The van der Waals surface area contributed by atoms with Crippen molar-refractivity contribution in [1.29, 1.82) is 0 Å². The van der Waals surface area contributed by atoms with E-state index in [4.69, 9.17) is 28.0 Å².